The van der Waals surface area contributed by atoms with Crippen molar-refractivity contribution in [2.45, 2.75) is 0 Å². The van der Waals surface area contributed by atoms with Gasteiger partial charge in [0.25, 0.3) is 0 Å². The van der Waals surface area contributed by atoms with Crippen molar-refractivity contribution >= 4 is 65.6 Å². The van der Waals surface area contributed by atoms with E-state index >= 15 is 0 Å². The van der Waals surface area contributed by atoms with Gasteiger partial charge in [-0.25, -0.2) is 0 Å². The third-order valence-electron chi connectivity index (χ3n) is 10.5. The average molecular weight is 651 g/mol. The lowest BCUT2D eigenvalue weighted by Crippen LogP contribution is -1.94. The minimum absolute atomic E-state index is 0.911. The predicted molar refractivity (Wildman–Crippen MR) is 213 cm³/mol. The van der Waals surface area contributed by atoms with Crippen molar-refractivity contribution in [3.05, 3.63) is 182 Å². The van der Waals surface area contributed by atoms with E-state index in [4.69, 9.17) is 4.42 Å². The molecule has 11 aromatic rings. The van der Waals surface area contributed by atoms with E-state index in [1.165, 1.54) is 54.7 Å². The highest BCUT2D eigenvalue weighted by Crippen LogP contribution is 2.42. The Morgan fingerprint density at radius 3 is 1.80 bits per heavy atom. The molecule has 0 radical (unpaired) electrons. The summed E-state index contributed by atoms with van der Waals surface area (Å²) in [5.41, 5.74) is 13.5. The molecule has 0 saturated carbocycles. The molecule has 3 heterocycles. The van der Waals surface area contributed by atoms with Gasteiger partial charge >= 0.3 is 0 Å². The smallest absolute Gasteiger partial charge is 0.143 e. The van der Waals surface area contributed by atoms with Crippen LogP contribution in [0.25, 0.3) is 99.2 Å². The Morgan fingerprint density at radius 2 is 0.922 bits per heavy atom. The Bertz CT molecular complexity index is 3140. The fourth-order valence-electron chi connectivity index (χ4n) is 8.32. The summed E-state index contributed by atoms with van der Waals surface area (Å²) in [6.07, 6.45) is 0. The van der Waals surface area contributed by atoms with Crippen molar-refractivity contribution < 1.29 is 4.42 Å². The minimum Gasteiger partial charge on any atom is -0.455 e. The molecule has 0 aliphatic heterocycles. The largest absolute Gasteiger partial charge is 0.455 e. The lowest BCUT2D eigenvalue weighted by Gasteiger charge is -2.12. The zero-order chi connectivity index (χ0) is 33.5. The highest BCUT2D eigenvalue weighted by molar-refractivity contribution is 6.17. The van der Waals surface area contributed by atoms with Crippen molar-refractivity contribution in [3.8, 4) is 33.6 Å². The van der Waals surface area contributed by atoms with Gasteiger partial charge in [0.05, 0.1) is 22.1 Å². The second kappa shape index (κ2) is 10.8. The first-order valence-electron chi connectivity index (χ1n) is 17.4. The van der Waals surface area contributed by atoms with Gasteiger partial charge in [0.15, 0.2) is 0 Å². The Kier molecular flexibility index (Phi) is 5.96. The Labute approximate surface area is 293 Å². The second-order valence-corrected chi connectivity index (χ2v) is 13.3. The summed E-state index contributed by atoms with van der Waals surface area (Å²) in [6, 6.07) is 65.5. The number of fused-ring (bicyclic) bond motifs is 9. The van der Waals surface area contributed by atoms with E-state index in [9.17, 15) is 0 Å². The van der Waals surface area contributed by atoms with E-state index in [1.807, 2.05) is 12.1 Å². The molecule has 0 aliphatic carbocycles. The van der Waals surface area contributed by atoms with E-state index in [1.54, 1.807) is 0 Å². The first-order chi connectivity index (χ1) is 25.3. The van der Waals surface area contributed by atoms with Crippen LogP contribution in [0.2, 0.25) is 0 Å². The standard InChI is InChI=1S/C48H30N2O/c1-2-14-33(15-3-1)49-42-23-7-4-17-37(42)38-28-27-32(30-45(38)49)35-20-12-25-44-47(35)41-19-5-8-24-43(41)50(44)34-16-10-13-31(29-34)36-21-11-22-40-39-18-6-9-26-46(39)51-48(36)40/h1-30H. The molecule has 238 valence electrons. The molecule has 0 unspecified atom stereocenters. The van der Waals surface area contributed by atoms with Gasteiger partial charge in [-0.05, 0) is 71.3 Å². The summed E-state index contributed by atoms with van der Waals surface area (Å²) in [5, 5.41) is 7.28. The number of hydrogen-bond acceptors (Lipinski definition) is 1. The van der Waals surface area contributed by atoms with Gasteiger partial charge in [-0.15, -0.1) is 0 Å². The van der Waals surface area contributed by atoms with Crippen molar-refractivity contribution in [2.24, 2.45) is 0 Å². The highest BCUT2D eigenvalue weighted by atomic mass is 16.3. The number of furan rings is 1. The zero-order valence-corrected chi connectivity index (χ0v) is 27.6. The molecule has 0 bridgehead atoms. The Hall–Kier alpha value is -6.84. The molecule has 0 atom stereocenters. The molecule has 0 aliphatic rings. The lowest BCUT2D eigenvalue weighted by molar-refractivity contribution is 0.670. The van der Waals surface area contributed by atoms with Crippen LogP contribution < -0.4 is 0 Å². The molecule has 0 saturated heterocycles. The molecule has 0 fully saturated rings. The molecular formula is C48H30N2O. The van der Waals surface area contributed by atoms with Gasteiger partial charge in [-0.2, -0.15) is 0 Å². The maximum atomic E-state index is 6.45. The quantitative estimate of drug-likeness (QED) is 0.186. The normalized spacial score (nSPS) is 11.9. The van der Waals surface area contributed by atoms with Gasteiger partial charge in [0.2, 0.25) is 0 Å². The van der Waals surface area contributed by atoms with E-state index < -0.39 is 0 Å². The van der Waals surface area contributed by atoms with Crippen LogP contribution in [-0.2, 0) is 0 Å². The molecule has 0 N–H and O–H groups in total. The molecule has 3 heteroatoms. The van der Waals surface area contributed by atoms with Crippen LogP contribution in [0.4, 0.5) is 0 Å². The molecule has 0 amide bonds. The summed E-state index contributed by atoms with van der Waals surface area (Å²) < 4.78 is 11.3. The fraction of sp³-hybridized carbons (Fsp3) is 0. The highest BCUT2D eigenvalue weighted by Gasteiger charge is 2.19. The number of benzene rings is 8. The van der Waals surface area contributed by atoms with Crippen LogP contribution in [-0.4, -0.2) is 9.13 Å². The zero-order valence-electron chi connectivity index (χ0n) is 27.6. The molecule has 0 spiro atoms. The van der Waals surface area contributed by atoms with E-state index in [-0.39, 0.29) is 0 Å². The first kappa shape index (κ1) is 28.0. The summed E-state index contributed by atoms with van der Waals surface area (Å²) in [4.78, 5) is 0. The topological polar surface area (TPSA) is 23.0 Å². The van der Waals surface area contributed by atoms with Crippen LogP contribution in [0.15, 0.2) is 186 Å². The predicted octanol–water partition coefficient (Wildman–Crippen LogP) is 13.1. The molecule has 3 nitrogen and oxygen atoms in total. The average Bonchev–Trinajstić information content (AvgIpc) is 3.86. The first-order valence-corrected chi connectivity index (χ1v) is 17.4. The summed E-state index contributed by atoms with van der Waals surface area (Å²) >= 11 is 0. The monoisotopic (exact) mass is 650 g/mol. The van der Waals surface area contributed by atoms with Crippen LogP contribution in [0.1, 0.15) is 0 Å². The van der Waals surface area contributed by atoms with E-state index in [0.29, 0.717) is 0 Å². The molecule has 51 heavy (non-hydrogen) atoms. The van der Waals surface area contributed by atoms with Crippen LogP contribution in [0, 0.1) is 0 Å². The molecular weight excluding hydrogens is 621 g/mol. The Morgan fingerprint density at radius 1 is 0.333 bits per heavy atom. The number of para-hydroxylation sites is 5. The maximum absolute atomic E-state index is 6.45. The van der Waals surface area contributed by atoms with Crippen molar-refractivity contribution in [1.29, 1.82) is 0 Å². The number of aromatic nitrogens is 2. The maximum Gasteiger partial charge on any atom is 0.143 e. The van der Waals surface area contributed by atoms with E-state index in [2.05, 4.69) is 179 Å². The van der Waals surface area contributed by atoms with Crippen LogP contribution in [0.3, 0.4) is 0 Å². The van der Waals surface area contributed by atoms with Gasteiger partial charge < -0.3 is 13.6 Å². The van der Waals surface area contributed by atoms with Crippen molar-refractivity contribution in [2.75, 3.05) is 0 Å². The summed E-state index contributed by atoms with van der Waals surface area (Å²) in [7, 11) is 0. The third kappa shape index (κ3) is 4.12. The van der Waals surface area contributed by atoms with Gasteiger partial charge in [-0.1, -0.05) is 127 Å². The van der Waals surface area contributed by atoms with Gasteiger partial charge in [0.1, 0.15) is 11.2 Å². The summed E-state index contributed by atoms with van der Waals surface area (Å²) in [6.45, 7) is 0. The third-order valence-corrected chi connectivity index (χ3v) is 10.5. The SMILES string of the molecule is c1ccc(-n2c3ccccc3c3ccc(-c4cccc5c4c4ccccc4n5-c4cccc(-c5cccc6c5oc5ccccc56)c4)cc32)cc1. The second-order valence-electron chi connectivity index (χ2n) is 13.3. The lowest BCUT2D eigenvalue weighted by atomic mass is 9.98. The molecule has 11 rings (SSSR count). The van der Waals surface area contributed by atoms with Crippen molar-refractivity contribution in [3.63, 3.8) is 0 Å². The fourth-order valence-corrected chi connectivity index (χ4v) is 8.32. The number of hydrogen-bond donors (Lipinski definition) is 0. The molecule has 8 aromatic carbocycles. The van der Waals surface area contributed by atoms with Crippen LogP contribution in [0.5, 0.6) is 0 Å². The summed E-state index contributed by atoms with van der Waals surface area (Å²) in [5.74, 6) is 0. The van der Waals surface area contributed by atoms with Gasteiger partial charge in [0, 0.05) is 49.3 Å². The van der Waals surface area contributed by atoms with Crippen LogP contribution >= 0.6 is 0 Å². The minimum atomic E-state index is 0.911. The van der Waals surface area contributed by atoms with Gasteiger partial charge in [-0.3, -0.25) is 0 Å². The Balaban J connectivity index is 1.13. The van der Waals surface area contributed by atoms with Crippen molar-refractivity contribution in [1.82, 2.24) is 9.13 Å². The van der Waals surface area contributed by atoms with E-state index in [0.717, 1.165) is 44.4 Å². The number of nitrogens with zero attached hydrogens (tertiary/aromatic N) is 2. The molecule has 3 aromatic heterocycles. The number of rotatable bonds is 4.